The molecule has 4 heterocycles. The number of nitrogens with zero attached hydrogens (tertiary/aromatic N) is 3. The van der Waals surface area contributed by atoms with Crippen LogP contribution in [0, 0.1) is 0 Å². The van der Waals surface area contributed by atoms with Crippen LogP contribution < -0.4 is 16.2 Å². The lowest BCUT2D eigenvalue weighted by molar-refractivity contribution is 0.0277. The highest BCUT2D eigenvalue weighted by Gasteiger charge is 2.17. The molecule has 0 radical (unpaired) electrons. The van der Waals surface area contributed by atoms with Crippen LogP contribution in [0.5, 0.6) is 0 Å². The van der Waals surface area contributed by atoms with Crippen molar-refractivity contribution < 1.29 is 4.74 Å². The Labute approximate surface area is 229 Å². The van der Waals surface area contributed by atoms with Crippen molar-refractivity contribution in [3.05, 3.63) is 93.2 Å². The average molecular weight is 544 g/mol. The Morgan fingerprint density at radius 3 is 2.74 bits per heavy atom. The Morgan fingerprint density at radius 2 is 2.03 bits per heavy atom. The molecule has 5 aromatic rings. The fourth-order valence-corrected chi connectivity index (χ4v) is 5.73. The standard InChI is InChI=1S/C29H26ClN5O2S/c1-2-35-27-20(14-23(28(35)36)22-10-7-19(15-24(22)30)26-4-3-13-38-26)16-32-29(34-27)33-21-8-5-18(6-9-21)25-17-31-11-12-37-25/h3-10,13-16,25,31H,2,11-12,17H2,1H3,(H,32,33,34). The van der Waals surface area contributed by atoms with Gasteiger partial charge >= 0.3 is 0 Å². The van der Waals surface area contributed by atoms with E-state index < -0.39 is 0 Å². The summed E-state index contributed by atoms with van der Waals surface area (Å²) in [5.41, 5.74) is 4.67. The normalized spacial score (nSPS) is 15.6. The quantitative estimate of drug-likeness (QED) is 0.263. The molecule has 1 saturated heterocycles. The molecule has 1 aliphatic heterocycles. The number of fused-ring (bicyclic) bond motifs is 1. The topological polar surface area (TPSA) is 81.1 Å². The second-order valence-corrected chi connectivity index (χ2v) is 10.4. The zero-order valence-electron chi connectivity index (χ0n) is 20.8. The van der Waals surface area contributed by atoms with Gasteiger partial charge in [-0.15, -0.1) is 11.3 Å². The second kappa shape index (κ2) is 10.7. The summed E-state index contributed by atoms with van der Waals surface area (Å²) in [6.45, 7) is 4.80. The average Bonchev–Trinajstić information content (AvgIpc) is 3.49. The van der Waals surface area contributed by atoms with Gasteiger partial charge in [0.25, 0.3) is 5.56 Å². The van der Waals surface area contributed by atoms with E-state index >= 15 is 0 Å². The van der Waals surface area contributed by atoms with Crippen LogP contribution in [-0.4, -0.2) is 34.2 Å². The van der Waals surface area contributed by atoms with Crippen molar-refractivity contribution in [1.29, 1.82) is 0 Å². The summed E-state index contributed by atoms with van der Waals surface area (Å²) in [6.07, 6.45) is 1.80. The van der Waals surface area contributed by atoms with Crippen LogP contribution in [0.2, 0.25) is 5.02 Å². The number of thiophene rings is 1. The molecule has 9 heteroatoms. The molecule has 2 aromatic carbocycles. The number of anilines is 2. The summed E-state index contributed by atoms with van der Waals surface area (Å²) in [7, 11) is 0. The van der Waals surface area contributed by atoms with E-state index in [4.69, 9.17) is 21.3 Å². The molecule has 2 N–H and O–H groups in total. The van der Waals surface area contributed by atoms with Gasteiger partial charge in [-0.3, -0.25) is 9.36 Å². The largest absolute Gasteiger partial charge is 0.371 e. The number of benzene rings is 2. The van der Waals surface area contributed by atoms with Crippen molar-refractivity contribution in [3.8, 4) is 21.6 Å². The maximum absolute atomic E-state index is 13.5. The van der Waals surface area contributed by atoms with Gasteiger partial charge in [0, 0.05) is 57.9 Å². The fourth-order valence-electron chi connectivity index (χ4n) is 4.72. The van der Waals surface area contributed by atoms with Crippen molar-refractivity contribution in [2.45, 2.75) is 19.6 Å². The molecule has 3 aromatic heterocycles. The van der Waals surface area contributed by atoms with Crippen LogP contribution in [0.3, 0.4) is 0 Å². The predicted octanol–water partition coefficient (Wildman–Crippen LogP) is 6.26. The van der Waals surface area contributed by atoms with Crippen LogP contribution in [0.15, 0.2) is 77.0 Å². The fraction of sp³-hybridized carbons (Fsp3) is 0.207. The maximum atomic E-state index is 13.5. The smallest absolute Gasteiger partial charge is 0.260 e. The van der Waals surface area contributed by atoms with E-state index in [0.717, 1.165) is 40.2 Å². The molecule has 0 spiro atoms. The summed E-state index contributed by atoms with van der Waals surface area (Å²) in [6, 6.07) is 19.8. The molecule has 0 bridgehead atoms. The van der Waals surface area contributed by atoms with Crippen LogP contribution in [-0.2, 0) is 11.3 Å². The Kier molecular flexibility index (Phi) is 6.95. The van der Waals surface area contributed by atoms with Crippen LogP contribution in [0.4, 0.5) is 11.6 Å². The summed E-state index contributed by atoms with van der Waals surface area (Å²) in [5.74, 6) is 0.425. The Morgan fingerprint density at radius 1 is 1.16 bits per heavy atom. The molecule has 0 amide bonds. The molecule has 6 rings (SSSR count). The Balaban J connectivity index is 1.31. The van der Waals surface area contributed by atoms with E-state index in [1.165, 1.54) is 0 Å². The van der Waals surface area contributed by atoms with E-state index in [1.54, 1.807) is 22.1 Å². The van der Waals surface area contributed by atoms with Crippen LogP contribution >= 0.6 is 22.9 Å². The third-order valence-electron chi connectivity index (χ3n) is 6.67. The molecule has 0 aliphatic carbocycles. The summed E-state index contributed by atoms with van der Waals surface area (Å²) >= 11 is 8.33. The highest BCUT2D eigenvalue weighted by Crippen LogP contribution is 2.33. The van der Waals surface area contributed by atoms with Crippen molar-refractivity contribution in [1.82, 2.24) is 19.9 Å². The van der Waals surface area contributed by atoms with Gasteiger partial charge < -0.3 is 15.4 Å². The first-order chi connectivity index (χ1) is 18.6. The lowest BCUT2D eigenvalue weighted by Crippen LogP contribution is -2.33. The molecule has 192 valence electrons. The first-order valence-corrected chi connectivity index (χ1v) is 13.8. The van der Waals surface area contributed by atoms with Gasteiger partial charge in [0.2, 0.25) is 5.95 Å². The number of nitrogens with one attached hydrogen (secondary N) is 2. The molecule has 0 saturated carbocycles. The number of hydrogen-bond donors (Lipinski definition) is 2. The Bertz CT molecular complexity index is 1640. The molecule has 1 atom stereocenters. The molecule has 1 fully saturated rings. The first-order valence-electron chi connectivity index (χ1n) is 12.5. The first kappa shape index (κ1) is 24.8. The third kappa shape index (κ3) is 4.83. The van der Waals surface area contributed by atoms with E-state index in [2.05, 4.69) is 21.7 Å². The maximum Gasteiger partial charge on any atom is 0.260 e. The van der Waals surface area contributed by atoms with E-state index in [-0.39, 0.29) is 11.7 Å². The zero-order chi connectivity index (χ0) is 26.1. The summed E-state index contributed by atoms with van der Waals surface area (Å²) < 4.78 is 7.50. The van der Waals surface area contributed by atoms with Gasteiger partial charge in [-0.25, -0.2) is 4.98 Å². The predicted molar refractivity (Wildman–Crippen MR) is 155 cm³/mol. The number of aryl methyl sites for hydroxylation is 1. The molecule has 1 unspecified atom stereocenters. The van der Waals surface area contributed by atoms with E-state index in [9.17, 15) is 4.79 Å². The van der Waals surface area contributed by atoms with Crippen molar-refractivity contribution in [2.24, 2.45) is 0 Å². The van der Waals surface area contributed by atoms with Crippen molar-refractivity contribution in [2.75, 3.05) is 25.0 Å². The third-order valence-corrected chi connectivity index (χ3v) is 7.91. The van der Waals surface area contributed by atoms with Gasteiger partial charge in [-0.1, -0.05) is 41.9 Å². The number of aromatic nitrogens is 3. The van der Waals surface area contributed by atoms with Gasteiger partial charge in [-0.05, 0) is 53.8 Å². The van der Waals surface area contributed by atoms with Gasteiger partial charge in [0.05, 0.1) is 12.7 Å². The van der Waals surface area contributed by atoms with Crippen LogP contribution in [0.25, 0.3) is 32.6 Å². The van der Waals surface area contributed by atoms with Crippen LogP contribution in [0.1, 0.15) is 18.6 Å². The Hall–Kier alpha value is -3.56. The monoisotopic (exact) mass is 543 g/mol. The van der Waals surface area contributed by atoms with Gasteiger partial charge in [0.1, 0.15) is 5.65 Å². The van der Waals surface area contributed by atoms with E-state index in [1.807, 2.05) is 66.9 Å². The summed E-state index contributed by atoms with van der Waals surface area (Å²) in [5, 5.41) is 9.94. The lowest BCUT2D eigenvalue weighted by Gasteiger charge is -2.24. The number of ether oxygens (including phenoxy) is 1. The molecule has 1 aliphatic rings. The highest BCUT2D eigenvalue weighted by atomic mass is 35.5. The second-order valence-electron chi connectivity index (χ2n) is 9.06. The minimum Gasteiger partial charge on any atom is -0.371 e. The van der Waals surface area contributed by atoms with Crippen molar-refractivity contribution >= 4 is 45.6 Å². The number of morpholine rings is 1. The minimum atomic E-state index is -0.138. The number of halogens is 1. The zero-order valence-corrected chi connectivity index (χ0v) is 22.4. The SMILES string of the molecule is CCn1c(=O)c(-c2ccc(-c3cccs3)cc2Cl)cc2cnc(Nc3ccc(C4CNCCO4)cc3)nc21. The molecular weight excluding hydrogens is 518 g/mol. The summed E-state index contributed by atoms with van der Waals surface area (Å²) in [4.78, 5) is 23.9. The van der Waals surface area contributed by atoms with Gasteiger partial charge in [0.15, 0.2) is 0 Å². The lowest BCUT2D eigenvalue weighted by atomic mass is 10.0. The van der Waals surface area contributed by atoms with E-state index in [0.29, 0.717) is 40.9 Å². The highest BCUT2D eigenvalue weighted by molar-refractivity contribution is 7.13. The number of rotatable bonds is 6. The molecule has 38 heavy (non-hydrogen) atoms. The molecular formula is C29H26ClN5O2S. The number of hydrogen-bond acceptors (Lipinski definition) is 7. The molecule has 7 nitrogen and oxygen atoms in total. The van der Waals surface area contributed by atoms with Crippen molar-refractivity contribution in [3.63, 3.8) is 0 Å². The number of pyridine rings is 1. The van der Waals surface area contributed by atoms with Gasteiger partial charge in [-0.2, -0.15) is 4.98 Å². The minimum absolute atomic E-state index is 0.0586.